The van der Waals surface area contributed by atoms with Gasteiger partial charge in [0.1, 0.15) is 0 Å². The van der Waals surface area contributed by atoms with Crippen molar-refractivity contribution in [2.45, 2.75) is 25.3 Å². The summed E-state index contributed by atoms with van der Waals surface area (Å²) in [7, 11) is -3.71. The van der Waals surface area contributed by atoms with Crippen molar-refractivity contribution in [2.75, 3.05) is 10.0 Å². The van der Waals surface area contributed by atoms with Gasteiger partial charge < -0.3 is 5.73 Å². The minimum atomic E-state index is -3.71. The third kappa shape index (κ3) is 3.89. The van der Waals surface area contributed by atoms with Crippen molar-refractivity contribution in [2.24, 2.45) is 0 Å². The average molecular weight is 366 g/mol. The maximum Gasteiger partial charge on any atom is 0.264 e. The van der Waals surface area contributed by atoms with E-state index in [9.17, 15) is 8.42 Å². The van der Waals surface area contributed by atoms with Crippen molar-refractivity contribution in [3.63, 3.8) is 0 Å². The molecule has 0 fully saturated rings. The Morgan fingerprint density at radius 3 is 1.81 bits per heavy atom. The lowest BCUT2D eigenvalue weighted by molar-refractivity contribution is 0.590. The number of hydrogen-bond acceptors (Lipinski definition) is 3. The molecular weight excluding hydrogens is 344 g/mol. The van der Waals surface area contributed by atoms with Gasteiger partial charge >= 0.3 is 0 Å². The topological polar surface area (TPSA) is 63.4 Å². The van der Waals surface area contributed by atoms with Gasteiger partial charge in [0.15, 0.2) is 0 Å². The predicted molar refractivity (Wildman–Crippen MR) is 107 cm³/mol. The Balaban J connectivity index is 2.05. The van der Waals surface area contributed by atoms with Crippen LogP contribution in [0.15, 0.2) is 77.7 Å². The van der Waals surface area contributed by atoms with E-state index in [-0.39, 0.29) is 11.4 Å². The molecule has 134 valence electrons. The van der Waals surface area contributed by atoms with Gasteiger partial charge in [0.25, 0.3) is 10.0 Å². The van der Waals surface area contributed by atoms with Crippen LogP contribution in [0.25, 0.3) is 0 Å². The highest BCUT2D eigenvalue weighted by Crippen LogP contribution is 2.27. The predicted octanol–water partition coefficient (Wildman–Crippen LogP) is 4.28. The molecule has 26 heavy (non-hydrogen) atoms. The second kappa shape index (κ2) is 7.22. The minimum Gasteiger partial charge on any atom is -0.399 e. The zero-order valence-electron chi connectivity index (χ0n) is 14.9. The van der Waals surface area contributed by atoms with Crippen LogP contribution in [0.5, 0.6) is 0 Å². The van der Waals surface area contributed by atoms with Crippen LogP contribution in [-0.2, 0) is 16.6 Å². The van der Waals surface area contributed by atoms with E-state index in [0.717, 1.165) is 16.7 Å². The normalized spacial score (nSPS) is 11.3. The van der Waals surface area contributed by atoms with Gasteiger partial charge in [-0.1, -0.05) is 47.5 Å². The Kier molecular flexibility index (Phi) is 5.00. The molecule has 3 aromatic rings. The van der Waals surface area contributed by atoms with Gasteiger partial charge in [-0.25, -0.2) is 8.42 Å². The third-order valence-corrected chi connectivity index (χ3v) is 6.02. The molecule has 0 atom stereocenters. The lowest BCUT2D eigenvalue weighted by Crippen LogP contribution is -2.30. The second-order valence-corrected chi connectivity index (χ2v) is 8.26. The van der Waals surface area contributed by atoms with Gasteiger partial charge in [0.2, 0.25) is 0 Å². The molecule has 0 bridgehead atoms. The van der Waals surface area contributed by atoms with Crippen LogP contribution in [-0.4, -0.2) is 8.42 Å². The first-order valence-electron chi connectivity index (χ1n) is 8.37. The minimum absolute atomic E-state index is 0.222. The van der Waals surface area contributed by atoms with Gasteiger partial charge in [-0.05, 0) is 55.8 Å². The molecule has 0 radical (unpaired) electrons. The fourth-order valence-corrected chi connectivity index (χ4v) is 4.11. The Labute approximate surface area is 155 Å². The Morgan fingerprint density at radius 2 is 1.27 bits per heavy atom. The molecular formula is C21H22N2O2S. The van der Waals surface area contributed by atoms with E-state index in [1.807, 2.05) is 62.4 Å². The molecule has 2 N–H and O–H groups in total. The summed E-state index contributed by atoms with van der Waals surface area (Å²) in [4.78, 5) is 0.222. The molecule has 5 heteroatoms. The van der Waals surface area contributed by atoms with Crippen molar-refractivity contribution in [3.05, 3.63) is 89.5 Å². The fraction of sp³-hybridized carbons (Fsp3) is 0.143. The highest BCUT2D eigenvalue weighted by molar-refractivity contribution is 7.92. The number of benzene rings is 3. The summed E-state index contributed by atoms with van der Waals surface area (Å²) in [5, 5.41) is 0. The maximum atomic E-state index is 13.3. The standard InChI is InChI=1S/C21H22N2O2S/c1-16-3-7-18(8-4-16)15-23(20-11-5-17(2)6-12-20)26(24,25)21-13-9-19(22)10-14-21/h3-14H,15,22H2,1-2H3. The lowest BCUT2D eigenvalue weighted by atomic mass is 10.1. The largest absolute Gasteiger partial charge is 0.399 e. The molecule has 0 aromatic heterocycles. The Bertz CT molecular complexity index is 978. The van der Waals surface area contributed by atoms with E-state index in [0.29, 0.717) is 11.4 Å². The monoisotopic (exact) mass is 366 g/mol. The summed E-state index contributed by atoms with van der Waals surface area (Å²) >= 11 is 0. The van der Waals surface area contributed by atoms with Gasteiger partial charge in [-0.2, -0.15) is 0 Å². The first-order valence-corrected chi connectivity index (χ1v) is 9.81. The van der Waals surface area contributed by atoms with E-state index in [1.165, 1.54) is 4.31 Å². The summed E-state index contributed by atoms with van der Waals surface area (Å²) in [6.07, 6.45) is 0. The molecule has 4 nitrogen and oxygen atoms in total. The van der Waals surface area contributed by atoms with Crippen molar-refractivity contribution < 1.29 is 8.42 Å². The Morgan fingerprint density at radius 1 is 0.769 bits per heavy atom. The van der Waals surface area contributed by atoms with Crippen LogP contribution in [0.4, 0.5) is 11.4 Å². The summed E-state index contributed by atoms with van der Waals surface area (Å²) < 4.78 is 28.0. The first-order chi connectivity index (χ1) is 12.4. The molecule has 0 aliphatic rings. The van der Waals surface area contributed by atoms with Crippen LogP contribution >= 0.6 is 0 Å². The number of anilines is 2. The summed E-state index contributed by atoms with van der Waals surface area (Å²) in [6.45, 7) is 4.24. The van der Waals surface area contributed by atoms with Crippen LogP contribution in [0.2, 0.25) is 0 Å². The van der Waals surface area contributed by atoms with Crippen molar-refractivity contribution >= 4 is 21.4 Å². The van der Waals surface area contributed by atoms with Gasteiger partial charge in [-0.15, -0.1) is 0 Å². The van der Waals surface area contributed by atoms with Crippen molar-refractivity contribution in [1.29, 1.82) is 0 Å². The SMILES string of the molecule is Cc1ccc(CN(c2ccc(C)cc2)S(=O)(=O)c2ccc(N)cc2)cc1. The van der Waals surface area contributed by atoms with Crippen LogP contribution < -0.4 is 10.0 Å². The van der Waals surface area contributed by atoms with Crippen molar-refractivity contribution in [1.82, 2.24) is 0 Å². The second-order valence-electron chi connectivity index (χ2n) is 6.40. The van der Waals surface area contributed by atoms with E-state index < -0.39 is 10.0 Å². The molecule has 0 unspecified atom stereocenters. The molecule has 0 aliphatic heterocycles. The van der Waals surface area contributed by atoms with Crippen LogP contribution in [0, 0.1) is 13.8 Å². The molecule has 0 amide bonds. The smallest absolute Gasteiger partial charge is 0.264 e. The van der Waals surface area contributed by atoms with Gasteiger partial charge in [0.05, 0.1) is 17.1 Å². The average Bonchev–Trinajstić information content (AvgIpc) is 2.62. The van der Waals surface area contributed by atoms with Gasteiger partial charge in [0, 0.05) is 5.69 Å². The number of hydrogen-bond donors (Lipinski definition) is 1. The molecule has 0 heterocycles. The highest BCUT2D eigenvalue weighted by atomic mass is 32.2. The fourth-order valence-electron chi connectivity index (χ4n) is 2.65. The van der Waals surface area contributed by atoms with Gasteiger partial charge in [-0.3, -0.25) is 4.31 Å². The first kappa shape index (κ1) is 18.0. The quantitative estimate of drug-likeness (QED) is 0.686. The number of nitrogens with two attached hydrogens (primary N) is 1. The summed E-state index contributed by atoms with van der Waals surface area (Å²) in [5.74, 6) is 0. The number of aryl methyl sites for hydroxylation is 2. The number of rotatable bonds is 5. The third-order valence-electron chi connectivity index (χ3n) is 4.24. The zero-order chi connectivity index (χ0) is 18.7. The van der Waals surface area contributed by atoms with E-state index >= 15 is 0 Å². The van der Waals surface area contributed by atoms with E-state index in [4.69, 9.17) is 5.73 Å². The number of nitrogen functional groups attached to an aromatic ring is 1. The zero-order valence-corrected chi connectivity index (χ0v) is 15.7. The van der Waals surface area contributed by atoms with E-state index in [1.54, 1.807) is 24.3 Å². The Hall–Kier alpha value is -2.79. The molecule has 3 rings (SSSR count). The van der Waals surface area contributed by atoms with E-state index in [2.05, 4.69) is 0 Å². The molecule has 3 aromatic carbocycles. The summed E-state index contributed by atoms with van der Waals surface area (Å²) in [6, 6.07) is 21.7. The summed E-state index contributed by atoms with van der Waals surface area (Å²) in [5.41, 5.74) is 10.0. The molecule has 0 saturated heterocycles. The number of nitrogens with zero attached hydrogens (tertiary/aromatic N) is 1. The van der Waals surface area contributed by atoms with Crippen LogP contribution in [0.1, 0.15) is 16.7 Å². The molecule has 0 saturated carbocycles. The van der Waals surface area contributed by atoms with Crippen molar-refractivity contribution in [3.8, 4) is 0 Å². The lowest BCUT2D eigenvalue weighted by Gasteiger charge is -2.25. The van der Waals surface area contributed by atoms with Crippen LogP contribution in [0.3, 0.4) is 0 Å². The maximum absolute atomic E-state index is 13.3. The number of sulfonamides is 1. The molecule has 0 aliphatic carbocycles. The molecule has 0 spiro atoms. The highest BCUT2D eigenvalue weighted by Gasteiger charge is 2.25.